The lowest BCUT2D eigenvalue weighted by atomic mass is 9.97. The molecule has 0 bridgehead atoms. The molecule has 0 aliphatic carbocycles. The zero-order valence-electron chi connectivity index (χ0n) is 33.1. The standard InChI is InChI=1S/C42H72O9/c1-7-8-9-10-11-12-13-14-15-16-17-21-24-39-40(51-42(5,6)50-39)28-27-37(48-33(4)44)38-26-25-35(49-38)22-19-18-20-23-36(47-32(3)43)30-34-29-31(2)46-41(34)45/h29,31,35-40H,7-28,30H2,1-6H3. The second kappa shape index (κ2) is 23.6. The molecule has 0 spiro atoms. The molecule has 2 fully saturated rings. The SMILES string of the molecule is CCCCCCCCCCCCCCC1OC(C)(C)OC1CCC(OC(C)=O)C1CCC(CCCCCC(CC2=CC(C)OC2=O)OC(C)=O)O1. The highest BCUT2D eigenvalue weighted by atomic mass is 16.8. The molecule has 3 heterocycles. The van der Waals surface area contributed by atoms with Gasteiger partial charge in [-0.3, -0.25) is 9.59 Å². The maximum atomic E-state index is 12.1. The van der Waals surface area contributed by atoms with Crippen molar-refractivity contribution in [2.75, 3.05) is 0 Å². The minimum Gasteiger partial charge on any atom is -0.462 e. The Kier molecular flexibility index (Phi) is 20.1. The first-order valence-corrected chi connectivity index (χ1v) is 20.7. The summed E-state index contributed by atoms with van der Waals surface area (Å²) in [5, 5.41) is 0. The Morgan fingerprint density at radius 1 is 0.765 bits per heavy atom. The van der Waals surface area contributed by atoms with Crippen LogP contribution in [0.5, 0.6) is 0 Å². The average molecular weight is 721 g/mol. The molecule has 9 heteroatoms. The van der Waals surface area contributed by atoms with Gasteiger partial charge in [0.05, 0.1) is 24.4 Å². The van der Waals surface area contributed by atoms with E-state index in [-0.39, 0.29) is 60.6 Å². The van der Waals surface area contributed by atoms with Crippen LogP contribution in [0.25, 0.3) is 0 Å². The summed E-state index contributed by atoms with van der Waals surface area (Å²) in [4.78, 5) is 35.8. The third-order valence-corrected chi connectivity index (χ3v) is 10.6. The van der Waals surface area contributed by atoms with Crippen LogP contribution in [0.2, 0.25) is 0 Å². The van der Waals surface area contributed by atoms with E-state index >= 15 is 0 Å². The van der Waals surface area contributed by atoms with Crippen LogP contribution in [-0.4, -0.2) is 66.4 Å². The normalized spacial score (nSPS) is 25.4. The van der Waals surface area contributed by atoms with Gasteiger partial charge >= 0.3 is 17.9 Å². The molecule has 0 radical (unpaired) electrons. The Labute approximate surface area is 309 Å². The molecule has 51 heavy (non-hydrogen) atoms. The van der Waals surface area contributed by atoms with Crippen molar-refractivity contribution < 1.29 is 42.8 Å². The maximum absolute atomic E-state index is 12.1. The zero-order chi connectivity index (χ0) is 37.1. The van der Waals surface area contributed by atoms with Gasteiger partial charge in [-0.25, -0.2) is 4.79 Å². The van der Waals surface area contributed by atoms with Crippen LogP contribution < -0.4 is 0 Å². The maximum Gasteiger partial charge on any atom is 0.334 e. The summed E-state index contributed by atoms with van der Waals surface area (Å²) in [6.07, 6.45) is 26.2. The Balaban J connectivity index is 1.34. The first kappa shape index (κ1) is 43.4. The van der Waals surface area contributed by atoms with Gasteiger partial charge in [-0.15, -0.1) is 0 Å². The van der Waals surface area contributed by atoms with E-state index in [0.717, 1.165) is 57.8 Å². The molecule has 0 amide bonds. The van der Waals surface area contributed by atoms with E-state index < -0.39 is 5.79 Å². The van der Waals surface area contributed by atoms with Crippen molar-refractivity contribution in [2.45, 2.75) is 238 Å². The Bertz CT molecular complexity index is 1050. The smallest absolute Gasteiger partial charge is 0.334 e. The third-order valence-electron chi connectivity index (χ3n) is 10.6. The molecular formula is C42H72O9. The monoisotopic (exact) mass is 721 g/mol. The van der Waals surface area contributed by atoms with Crippen LogP contribution in [0, 0.1) is 0 Å². The highest BCUT2D eigenvalue weighted by molar-refractivity contribution is 5.90. The van der Waals surface area contributed by atoms with E-state index in [1.807, 2.05) is 26.8 Å². The van der Waals surface area contributed by atoms with Gasteiger partial charge < -0.3 is 28.4 Å². The molecule has 7 unspecified atom stereocenters. The fourth-order valence-electron chi connectivity index (χ4n) is 8.05. The van der Waals surface area contributed by atoms with E-state index in [9.17, 15) is 14.4 Å². The molecule has 0 N–H and O–H groups in total. The molecule has 3 aliphatic rings. The van der Waals surface area contributed by atoms with Crippen LogP contribution in [0.3, 0.4) is 0 Å². The van der Waals surface area contributed by atoms with Crippen LogP contribution in [-0.2, 0) is 42.8 Å². The van der Waals surface area contributed by atoms with Gasteiger partial charge in [0.1, 0.15) is 18.3 Å². The molecule has 3 rings (SSSR count). The van der Waals surface area contributed by atoms with E-state index in [1.165, 1.54) is 84.5 Å². The number of carbonyl (C=O) groups excluding carboxylic acids is 3. The summed E-state index contributed by atoms with van der Waals surface area (Å²) in [5.74, 6) is -1.53. The van der Waals surface area contributed by atoms with Gasteiger partial charge in [0.15, 0.2) is 5.79 Å². The molecule has 3 aliphatic heterocycles. The number of unbranched alkanes of at least 4 members (excludes halogenated alkanes) is 13. The number of hydrogen-bond acceptors (Lipinski definition) is 9. The summed E-state index contributed by atoms with van der Waals surface area (Å²) in [7, 11) is 0. The highest BCUT2D eigenvalue weighted by Gasteiger charge is 2.42. The quantitative estimate of drug-likeness (QED) is 0.0466. The first-order chi connectivity index (χ1) is 24.5. The van der Waals surface area contributed by atoms with Gasteiger partial charge in [0.25, 0.3) is 0 Å². The lowest BCUT2D eigenvalue weighted by Crippen LogP contribution is -2.33. The molecule has 2 saturated heterocycles. The number of hydrogen-bond donors (Lipinski definition) is 0. The second-order valence-electron chi connectivity index (χ2n) is 15.9. The predicted octanol–water partition coefficient (Wildman–Crippen LogP) is 10.0. The lowest BCUT2D eigenvalue weighted by Gasteiger charge is -2.26. The molecule has 0 aromatic rings. The van der Waals surface area contributed by atoms with Gasteiger partial charge in [-0.1, -0.05) is 96.8 Å². The van der Waals surface area contributed by atoms with Gasteiger partial charge in [-0.2, -0.15) is 0 Å². The van der Waals surface area contributed by atoms with Crippen molar-refractivity contribution in [1.29, 1.82) is 0 Å². The first-order valence-electron chi connectivity index (χ1n) is 20.7. The lowest BCUT2D eigenvalue weighted by molar-refractivity contribution is -0.158. The topological polar surface area (TPSA) is 107 Å². The molecular weight excluding hydrogens is 648 g/mol. The van der Waals surface area contributed by atoms with Crippen molar-refractivity contribution in [3.8, 4) is 0 Å². The summed E-state index contributed by atoms with van der Waals surface area (Å²) in [6.45, 7) is 11.0. The largest absolute Gasteiger partial charge is 0.462 e. The second-order valence-corrected chi connectivity index (χ2v) is 15.9. The fourth-order valence-corrected chi connectivity index (χ4v) is 8.05. The number of esters is 3. The van der Waals surface area contributed by atoms with Crippen LogP contribution in [0.1, 0.15) is 189 Å². The zero-order valence-corrected chi connectivity index (χ0v) is 33.1. The van der Waals surface area contributed by atoms with Gasteiger partial charge in [0, 0.05) is 25.8 Å². The van der Waals surface area contributed by atoms with E-state index in [2.05, 4.69) is 6.92 Å². The third kappa shape index (κ3) is 17.6. The molecule has 7 atom stereocenters. The van der Waals surface area contributed by atoms with Gasteiger partial charge in [-0.05, 0) is 78.2 Å². The summed E-state index contributed by atoms with van der Waals surface area (Å²) < 4.78 is 35.7. The van der Waals surface area contributed by atoms with Crippen LogP contribution in [0.4, 0.5) is 0 Å². The van der Waals surface area contributed by atoms with Crippen molar-refractivity contribution in [1.82, 2.24) is 0 Å². The molecule has 0 saturated carbocycles. The van der Waals surface area contributed by atoms with Crippen molar-refractivity contribution in [3.05, 3.63) is 11.6 Å². The molecule has 294 valence electrons. The number of cyclic esters (lactones) is 1. The summed E-state index contributed by atoms with van der Waals surface area (Å²) >= 11 is 0. The minimum absolute atomic E-state index is 0.0159. The number of carbonyl (C=O) groups is 3. The Morgan fingerprint density at radius 2 is 1.33 bits per heavy atom. The van der Waals surface area contributed by atoms with Crippen molar-refractivity contribution >= 4 is 17.9 Å². The summed E-state index contributed by atoms with van der Waals surface area (Å²) in [5.41, 5.74) is 0.590. The van der Waals surface area contributed by atoms with Crippen LogP contribution in [0.15, 0.2) is 11.6 Å². The Morgan fingerprint density at radius 3 is 1.92 bits per heavy atom. The summed E-state index contributed by atoms with van der Waals surface area (Å²) in [6, 6.07) is 0. The minimum atomic E-state index is -0.602. The van der Waals surface area contributed by atoms with E-state index in [4.69, 9.17) is 28.4 Å². The van der Waals surface area contributed by atoms with E-state index in [1.54, 1.807) is 0 Å². The van der Waals surface area contributed by atoms with Gasteiger partial charge in [0.2, 0.25) is 0 Å². The molecule has 0 aromatic heterocycles. The van der Waals surface area contributed by atoms with E-state index in [0.29, 0.717) is 24.8 Å². The number of rotatable bonds is 27. The predicted molar refractivity (Wildman–Crippen MR) is 199 cm³/mol. The molecule has 0 aromatic carbocycles. The average Bonchev–Trinajstić information content (AvgIpc) is 3.74. The van der Waals surface area contributed by atoms with Crippen molar-refractivity contribution in [3.63, 3.8) is 0 Å². The molecule has 9 nitrogen and oxygen atoms in total. The highest BCUT2D eigenvalue weighted by Crippen LogP contribution is 2.36. The fraction of sp³-hybridized carbons (Fsp3) is 0.881. The number of ether oxygens (including phenoxy) is 6. The van der Waals surface area contributed by atoms with Crippen molar-refractivity contribution in [2.24, 2.45) is 0 Å². The Hall–Kier alpha value is -1.97. The van der Waals surface area contributed by atoms with Crippen LogP contribution >= 0.6 is 0 Å².